The topological polar surface area (TPSA) is 0 Å². The molecule has 52 valence electrons. The summed E-state index contributed by atoms with van der Waals surface area (Å²) in [6, 6.07) is 0. The van der Waals surface area contributed by atoms with Gasteiger partial charge in [-0.1, -0.05) is 15.9 Å². The van der Waals surface area contributed by atoms with Gasteiger partial charge >= 0.3 is 0 Å². The molecule has 0 aliphatic heterocycles. The van der Waals surface area contributed by atoms with Gasteiger partial charge in [-0.3, -0.25) is 0 Å². The van der Waals surface area contributed by atoms with Crippen LogP contribution in [0.25, 0.3) is 0 Å². The zero-order chi connectivity index (χ0) is 6.43. The van der Waals surface area contributed by atoms with E-state index in [2.05, 4.69) is 15.9 Å². The van der Waals surface area contributed by atoms with Crippen LogP contribution < -0.4 is 0 Å². The molecule has 2 unspecified atom stereocenters. The number of alkyl halides is 2. The maximum absolute atomic E-state index is 13.0. The Morgan fingerprint density at radius 2 is 2.11 bits per heavy atom. The molecule has 2 aliphatic rings. The standard InChI is InChI=1S/C7H10BrF/c8-6-3-4-1-2-5(6)7(4)9/h4-7H,1-3H2/t4?,5?,6-,7+/m1/s1. The lowest BCUT2D eigenvalue weighted by atomic mass is 10.0. The van der Waals surface area contributed by atoms with Gasteiger partial charge in [-0.05, 0) is 25.2 Å². The largest absolute Gasteiger partial charge is 0.247 e. The molecule has 0 heterocycles. The summed E-state index contributed by atoms with van der Waals surface area (Å²) in [5, 5.41) is 0. The summed E-state index contributed by atoms with van der Waals surface area (Å²) < 4.78 is 13.0. The molecule has 2 bridgehead atoms. The minimum absolute atomic E-state index is 0.356. The third-order valence-electron chi connectivity index (χ3n) is 2.72. The third kappa shape index (κ3) is 0.754. The highest BCUT2D eigenvalue weighted by Crippen LogP contribution is 2.49. The van der Waals surface area contributed by atoms with E-state index in [4.69, 9.17) is 0 Å². The van der Waals surface area contributed by atoms with Crippen LogP contribution in [0.1, 0.15) is 19.3 Å². The molecule has 2 rings (SSSR count). The predicted molar refractivity (Wildman–Crippen MR) is 38.4 cm³/mol. The molecule has 2 fully saturated rings. The molecule has 0 aromatic rings. The van der Waals surface area contributed by atoms with Crippen LogP contribution in [0.3, 0.4) is 0 Å². The third-order valence-corrected chi connectivity index (χ3v) is 3.78. The predicted octanol–water partition coefficient (Wildman–Crippen LogP) is 2.52. The van der Waals surface area contributed by atoms with Crippen LogP contribution in [0, 0.1) is 11.8 Å². The Labute approximate surface area is 63.0 Å². The summed E-state index contributed by atoms with van der Waals surface area (Å²) in [6.45, 7) is 0. The highest BCUT2D eigenvalue weighted by Gasteiger charge is 2.47. The van der Waals surface area contributed by atoms with E-state index >= 15 is 0 Å². The van der Waals surface area contributed by atoms with Crippen molar-refractivity contribution in [1.29, 1.82) is 0 Å². The van der Waals surface area contributed by atoms with Gasteiger partial charge in [0.05, 0.1) is 0 Å². The SMILES string of the molecule is F[C@H]1C2CCC1[C@H](Br)C2. The van der Waals surface area contributed by atoms with Crippen LogP contribution in [0.15, 0.2) is 0 Å². The van der Waals surface area contributed by atoms with Gasteiger partial charge in [0.25, 0.3) is 0 Å². The maximum atomic E-state index is 13.0. The zero-order valence-corrected chi connectivity index (χ0v) is 6.77. The summed E-state index contributed by atoms with van der Waals surface area (Å²) in [5.74, 6) is 0.759. The van der Waals surface area contributed by atoms with Crippen molar-refractivity contribution in [3.63, 3.8) is 0 Å². The second-order valence-corrected chi connectivity index (χ2v) is 4.37. The lowest BCUT2D eigenvalue weighted by molar-refractivity contribution is 0.264. The van der Waals surface area contributed by atoms with Crippen molar-refractivity contribution >= 4 is 15.9 Å². The second kappa shape index (κ2) is 1.94. The number of halogens is 2. The van der Waals surface area contributed by atoms with Crippen LogP contribution in [0.5, 0.6) is 0 Å². The van der Waals surface area contributed by atoms with E-state index < -0.39 is 6.17 Å². The molecule has 0 amide bonds. The number of rotatable bonds is 0. The maximum Gasteiger partial charge on any atom is 0.107 e. The molecule has 4 atom stereocenters. The average Bonchev–Trinajstić information content (AvgIpc) is 2.25. The second-order valence-electron chi connectivity index (χ2n) is 3.20. The molecule has 0 N–H and O–H groups in total. The first kappa shape index (κ1) is 6.14. The molecule has 0 radical (unpaired) electrons. The Morgan fingerprint density at radius 3 is 2.33 bits per heavy atom. The van der Waals surface area contributed by atoms with Crippen LogP contribution >= 0.6 is 15.9 Å². The molecule has 0 aromatic heterocycles. The zero-order valence-electron chi connectivity index (χ0n) is 5.19. The van der Waals surface area contributed by atoms with Gasteiger partial charge in [0.15, 0.2) is 0 Å². The van der Waals surface area contributed by atoms with E-state index in [9.17, 15) is 4.39 Å². The molecule has 2 aliphatic carbocycles. The molecule has 0 aromatic carbocycles. The molecule has 9 heavy (non-hydrogen) atoms. The minimum Gasteiger partial charge on any atom is -0.247 e. The van der Waals surface area contributed by atoms with Crippen LogP contribution in [-0.4, -0.2) is 11.0 Å². The first-order valence-electron chi connectivity index (χ1n) is 3.57. The first-order valence-corrected chi connectivity index (χ1v) is 4.49. The van der Waals surface area contributed by atoms with Gasteiger partial charge in [-0.25, -0.2) is 4.39 Å². The molecule has 2 saturated carbocycles. The number of hydrogen-bond donors (Lipinski definition) is 0. The minimum atomic E-state index is -0.477. The van der Waals surface area contributed by atoms with Gasteiger partial charge in [0.1, 0.15) is 6.17 Å². The van der Waals surface area contributed by atoms with Crippen LogP contribution in [0.4, 0.5) is 4.39 Å². The van der Waals surface area contributed by atoms with E-state index in [-0.39, 0.29) is 0 Å². The Morgan fingerprint density at radius 1 is 1.33 bits per heavy atom. The van der Waals surface area contributed by atoms with Gasteiger partial charge in [0, 0.05) is 10.7 Å². The molecule has 2 heteroatoms. The molecular weight excluding hydrogens is 183 g/mol. The summed E-state index contributed by atoms with van der Waals surface area (Å²) in [6.07, 6.45) is 2.84. The fourth-order valence-electron chi connectivity index (χ4n) is 2.17. The summed E-state index contributed by atoms with van der Waals surface area (Å²) in [5.41, 5.74) is 0. The fraction of sp³-hybridized carbons (Fsp3) is 1.00. The fourth-order valence-corrected chi connectivity index (χ4v) is 3.20. The van der Waals surface area contributed by atoms with Crippen molar-refractivity contribution in [3.8, 4) is 0 Å². The Bertz CT molecular complexity index is 126. The smallest absolute Gasteiger partial charge is 0.107 e. The summed E-state index contributed by atoms with van der Waals surface area (Å²) in [7, 11) is 0. The highest BCUT2D eigenvalue weighted by atomic mass is 79.9. The van der Waals surface area contributed by atoms with Crippen molar-refractivity contribution in [2.45, 2.75) is 30.3 Å². The lowest BCUT2D eigenvalue weighted by Gasteiger charge is -2.12. The van der Waals surface area contributed by atoms with Gasteiger partial charge in [0.2, 0.25) is 0 Å². The average molecular weight is 193 g/mol. The van der Waals surface area contributed by atoms with Crippen molar-refractivity contribution in [2.24, 2.45) is 11.8 Å². The van der Waals surface area contributed by atoms with E-state index in [0.29, 0.717) is 16.7 Å². The van der Waals surface area contributed by atoms with Crippen LogP contribution in [-0.2, 0) is 0 Å². The highest BCUT2D eigenvalue weighted by molar-refractivity contribution is 9.09. The lowest BCUT2D eigenvalue weighted by Crippen LogP contribution is -2.11. The van der Waals surface area contributed by atoms with E-state index in [0.717, 1.165) is 19.3 Å². The monoisotopic (exact) mass is 192 g/mol. The van der Waals surface area contributed by atoms with Gasteiger partial charge in [-0.15, -0.1) is 0 Å². The molecule has 0 saturated heterocycles. The Balaban J connectivity index is 2.16. The Hall–Kier alpha value is 0.410. The van der Waals surface area contributed by atoms with E-state index in [1.807, 2.05) is 0 Å². The number of hydrogen-bond acceptors (Lipinski definition) is 0. The van der Waals surface area contributed by atoms with Crippen molar-refractivity contribution < 1.29 is 4.39 Å². The normalized spacial score (nSPS) is 56.7. The van der Waals surface area contributed by atoms with E-state index in [1.165, 1.54) is 0 Å². The van der Waals surface area contributed by atoms with Crippen molar-refractivity contribution in [3.05, 3.63) is 0 Å². The first-order chi connectivity index (χ1) is 4.29. The van der Waals surface area contributed by atoms with E-state index in [1.54, 1.807) is 0 Å². The number of fused-ring (bicyclic) bond motifs is 2. The molecule has 0 spiro atoms. The van der Waals surface area contributed by atoms with Crippen LogP contribution in [0.2, 0.25) is 0 Å². The quantitative estimate of drug-likeness (QED) is 0.518. The Kier molecular flexibility index (Phi) is 1.33. The summed E-state index contributed by atoms with van der Waals surface area (Å²) >= 11 is 3.50. The summed E-state index contributed by atoms with van der Waals surface area (Å²) in [4.78, 5) is 0.492. The van der Waals surface area contributed by atoms with Crippen molar-refractivity contribution in [2.75, 3.05) is 0 Å². The van der Waals surface area contributed by atoms with Crippen molar-refractivity contribution in [1.82, 2.24) is 0 Å². The van der Waals surface area contributed by atoms with Gasteiger partial charge in [-0.2, -0.15) is 0 Å². The molecular formula is C7H10BrF. The molecule has 0 nitrogen and oxygen atoms in total. The van der Waals surface area contributed by atoms with Gasteiger partial charge < -0.3 is 0 Å².